The van der Waals surface area contributed by atoms with E-state index in [4.69, 9.17) is 0 Å². The Balaban J connectivity index is 2.25. The van der Waals surface area contributed by atoms with E-state index >= 15 is 0 Å². The van der Waals surface area contributed by atoms with Gasteiger partial charge in [-0.3, -0.25) is 0 Å². The van der Waals surface area contributed by atoms with Crippen molar-refractivity contribution >= 4 is 21.6 Å². The molecule has 0 aromatic carbocycles. The number of H-pyrrole nitrogens is 1. The summed E-state index contributed by atoms with van der Waals surface area (Å²) in [6.45, 7) is 2.14. The zero-order chi connectivity index (χ0) is 11.5. The summed E-state index contributed by atoms with van der Waals surface area (Å²) in [6.07, 6.45) is 3.05. The summed E-state index contributed by atoms with van der Waals surface area (Å²) in [5, 5.41) is 10.4. The Hall–Kier alpha value is -1.17. The van der Waals surface area contributed by atoms with Gasteiger partial charge in [-0.1, -0.05) is 29.3 Å². The number of fused-ring (bicyclic) bond motifs is 1. The number of hydrogen-bond acceptors (Lipinski definition) is 3. The van der Waals surface area contributed by atoms with E-state index in [9.17, 15) is 4.79 Å². The molecule has 0 bridgehead atoms. The lowest BCUT2D eigenvalue weighted by Gasteiger charge is -2.06. The second kappa shape index (κ2) is 4.78. The Kier molecular flexibility index (Phi) is 3.38. The molecule has 86 valence electrons. The van der Waals surface area contributed by atoms with Crippen LogP contribution in [-0.2, 0) is 6.42 Å². The van der Waals surface area contributed by atoms with Crippen molar-refractivity contribution in [1.82, 2.24) is 19.8 Å². The van der Waals surface area contributed by atoms with Gasteiger partial charge in [0, 0.05) is 11.2 Å². The highest BCUT2D eigenvalue weighted by Gasteiger charge is 2.07. The van der Waals surface area contributed by atoms with E-state index in [1.165, 1.54) is 4.52 Å². The minimum Gasteiger partial charge on any atom is -0.244 e. The Morgan fingerprint density at radius 1 is 1.56 bits per heavy atom. The predicted octanol–water partition coefficient (Wildman–Crippen LogP) is 1.52. The highest BCUT2D eigenvalue weighted by molar-refractivity contribution is 9.09. The van der Waals surface area contributed by atoms with E-state index < -0.39 is 0 Å². The fourth-order valence-electron chi connectivity index (χ4n) is 1.59. The summed E-state index contributed by atoms with van der Waals surface area (Å²) in [6, 6.07) is 3.70. The number of nitrogens with zero attached hydrogens (tertiary/aromatic N) is 3. The maximum absolute atomic E-state index is 11.3. The average molecular weight is 285 g/mol. The summed E-state index contributed by atoms with van der Waals surface area (Å²) >= 11 is 3.60. The van der Waals surface area contributed by atoms with Gasteiger partial charge in [0.05, 0.1) is 5.69 Å². The quantitative estimate of drug-likeness (QED) is 0.866. The lowest BCUT2D eigenvalue weighted by atomic mass is 10.1. The zero-order valence-corrected chi connectivity index (χ0v) is 10.6. The molecule has 6 heteroatoms. The van der Waals surface area contributed by atoms with Gasteiger partial charge in [0.15, 0.2) is 5.65 Å². The number of alkyl halides is 1. The highest BCUT2D eigenvalue weighted by atomic mass is 79.9. The van der Waals surface area contributed by atoms with Crippen LogP contribution in [-0.4, -0.2) is 24.6 Å². The Labute approximate surface area is 101 Å². The first kappa shape index (κ1) is 11.3. The molecule has 1 atom stereocenters. The first-order valence-electron chi connectivity index (χ1n) is 5.28. The van der Waals surface area contributed by atoms with Crippen LogP contribution in [0.25, 0.3) is 5.65 Å². The van der Waals surface area contributed by atoms with Gasteiger partial charge in [0.2, 0.25) is 0 Å². The summed E-state index contributed by atoms with van der Waals surface area (Å²) in [5.74, 6) is 0. The Morgan fingerprint density at radius 3 is 3.12 bits per heavy atom. The summed E-state index contributed by atoms with van der Waals surface area (Å²) in [7, 11) is 0. The molecule has 2 aromatic heterocycles. The molecule has 2 heterocycles. The van der Waals surface area contributed by atoms with Gasteiger partial charge < -0.3 is 0 Å². The molecule has 0 spiro atoms. The van der Waals surface area contributed by atoms with Crippen molar-refractivity contribution in [2.24, 2.45) is 0 Å². The molecule has 0 saturated carbocycles. The molecule has 0 aliphatic heterocycles. The van der Waals surface area contributed by atoms with Crippen LogP contribution in [0.4, 0.5) is 0 Å². The standard InChI is InChI=1S/C10H13BrN4O/c1-2-3-7(11)6-8-4-5-9-12-13-10(16)15(9)14-8/h4-5,7H,2-3,6H2,1H3,(H,13,16). The number of nitrogens with one attached hydrogen (secondary N) is 1. The molecule has 2 rings (SSSR count). The first-order chi connectivity index (χ1) is 7.70. The summed E-state index contributed by atoms with van der Waals surface area (Å²) in [4.78, 5) is 11.7. The van der Waals surface area contributed by atoms with Crippen molar-refractivity contribution in [3.63, 3.8) is 0 Å². The monoisotopic (exact) mass is 284 g/mol. The molecule has 0 amide bonds. The van der Waals surface area contributed by atoms with Gasteiger partial charge in [-0.05, 0) is 18.6 Å². The average Bonchev–Trinajstić information content (AvgIpc) is 2.61. The van der Waals surface area contributed by atoms with E-state index in [0.717, 1.165) is 25.0 Å². The molecule has 0 aliphatic rings. The van der Waals surface area contributed by atoms with Crippen LogP contribution in [0.5, 0.6) is 0 Å². The zero-order valence-electron chi connectivity index (χ0n) is 8.98. The summed E-state index contributed by atoms with van der Waals surface area (Å²) < 4.78 is 1.29. The first-order valence-corrected chi connectivity index (χ1v) is 6.19. The Bertz CT molecular complexity index is 533. The number of aromatic amines is 1. The largest absolute Gasteiger partial charge is 0.364 e. The highest BCUT2D eigenvalue weighted by Crippen LogP contribution is 2.13. The third-order valence-electron chi connectivity index (χ3n) is 2.36. The minimum absolute atomic E-state index is 0.293. The fraction of sp³-hybridized carbons (Fsp3) is 0.500. The van der Waals surface area contributed by atoms with Crippen LogP contribution in [0.2, 0.25) is 0 Å². The minimum atomic E-state index is -0.293. The van der Waals surface area contributed by atoms with Crippen LogP contribution in [0.1, 0.15) is 25.5 Å². The molecule has 16 heavy (non-hydrogen) atoms. The van der Waals surface area contributed by atoms with Crippen molar-refractivity contribution in [2.75, 3.05) is 0 Å². The number of halogens is 1. The number of hydrogen-bond donors (Lipinski definition) is 1. The van der Waals surface area contributed by atoms with E-state index in [1.54, 1.807) is 6.07 Å². The molecular weight excluding hydrogens is 272 g/mol. The fourth-order valence-corrected chi connectivity index (χ4v) is 2.38. The van der Waals surface area contributed by atoms with Gasteiger partial charge in [-0.15, -0.1) is 0 Å². The van der Waals surface area contributed by atoms with Gasteiger partial charge in [0.1, 0.15) is 0 Å². The third-order valence-corrected chi connectivity index (χ3v) is 3.14. The van der Waals surface area contributed by atoms with E-state index in [2.05, 4.69) is 38.1 Å². The third kappa shape index (κ3) is 2.32. The van der Waals surface area contributed by atoms with E-state index in [0.29, 0.717) is 10.5 Å². The molecule has 1 unspecified atom stereocenters. The van der Waals surface area contributed by atoms with Crippen LogP contribution in [0.15, 0.2) is 16.9 Å². The second-order valence-corrected chi connectivity index (χ2v) is 5.01. The maximum atomic E-state index is 11.3. The maximum Gasteiger partial charge on any atom is 0.364 e. The van der Waals surface area contributed by atoms with E-state index in [-0.39, 0.29) is 5.69 Å². The molecule has 0 radical (unpaired) electrons. The van der Waals surface area contributed by atoms with Crippen molar-refractivity contribution in [1.29, 1.82) is 0 Å². The molecule has 0 aliphatic carbocycles. The smallest absolute Gasteiger partial charge is 0.244 e. The Morgan fingerprint density at radius 2 is 2.38 bits per heavy atom. The number of rotatable bonds is 4. The van der Waals surface area contributed by atoms with Crippen LogP contribution < -0.4 is 5.69 Å². The van der Waals surface area contributed by atoms with Gasteiger partial charge in [0.25, 0.3) is 0 Å². The lowest BCUT2D eigenvalue weighted by Crippen LogP contribution is -2.14. The van der Waals surface area contributed by atoms with E-state index in [1.807, 2.05) is 6.07 Å². The predicted molar refractivity (Wildman–Crippen MR) is 64.9 cm³/mol. The van der Waals surface area contributed by atoms with Crippen LogP contribution >= 0.6 is 15.9 Å². The van der Waals surface area contributed by atoms with Crippen molar-refractivity contribution < 1.29 is 0 Å². The van der Waals surface area contributed by atoms with Crippen molar-refractivity contribution in [2.45, 2.75) is 31.0 Å². The molecule has 0 saturated heterocycles. The lowest BCUT2D eigenvalue weighted by molar-refractivity contribution is 0.714. The van der Waals surface area contributed by atoms with Gasteiger partial charge in [-0.25, -0.2) is 9.89 Å². The molecule has 1 N–H and O–H groups in total. The molecule has 2 aromatic rings. The van der Waals surface area contributed by atoms with Crippen molar-refractivity contribution in [3.8, 4) is 0 Å². The molecule has 0 fully saturated rings. The SMILES string of the molecule is CCCC(Br)Cc1ccc2n[nH]c(=O)n2n1. The van der Waals surface area contributed by atoms with Crippen LogP contribution in [0.3, 0.4) is 0 Å². The molecule has 5 nitrogen and oxygen atoms in total. The molecular formula is C10H13BrN4O. The number of aromatic nitrogens is 4. The topological polar surface area (TPSA) is 63.0 Å². The second-order valence-electron chi connectivity index (χ2n) is 3.71. The van der Waals surface area contributed by atoms with Crippen LogP contribution in [0, 0.1) is 0 Å². The van der Waals surface area contributed by atoms with Gasteiger partial charge >= 0.3 is 5.69 Å². The van der Waals surface area contributed by atoms with Crippen molar-refractivity contribution in [3.05, 3.63) is 28.3 Å². The normalized spacial score (nSPS) is 13.1. The van der Waals surface area contributed by atoms with Gasteiger partial charge in [-0.2, -0.15) is 14.7 Å². The summed E-state index contributed by atoms with van der Waals surface area (Å²) in [5.41, 5.74) is 1.15.